The molecule has 5 heteroatoms. The fourth-order valence-corrected chi connectivity index (χ4v) is 3.84. The van der Waals surface area contributed by atoms with Crippen molar-refractivity contribution in [2.75, 3.05) is 6.61 Å². The van der Waals surface area contributed by atoms with Crippen LogP contribution in [0.3, 0.4) is 0 Å². The lowest BCUT2D eigenvalue weighted by Gasteiger charge is -2.19. The summed E-state index contributed by atoms with van der Waals surface area (Å²) >= 11 is 2.12. The Morgan fingerprint density at radius 2 is 1.85 bits per heavy atom. The molecular formula is C22H19IO4. The predicted octanol–water partition coefficient (Wildman–Crippen LogP) is 4.84. The Morgan fingerprint density at radius 1 is 1.11 bits per heavy atom. The van der Waals surface area contributed by atoms with E-state index in [0.29, 0.717) is 29.5 Å². The zero-order valence-electron chi connectivity index (χ0n) is 15.0. The molecule has 1 aliphatic carbocycles. The largest absolute Gasteiger partial charge is 0.462 e. The van der Waals surface area contributed by atoms with Crippen molar-refractivity contribution in [1.82, 2.24) is 0 Å². The standard InChI is InChI=1S/C22H19IO4/c1-2-27-22(26)19-13-16(23)12-18(15-9-6-10-17(24)11-15)20(19)21(25)14-7-4-3-5-8-14/h3-5,7-8,11-13H,2,6,9-10H2,1H3. The molecule has 0 heterocycles. The van der Waals surface area contributed by atoms with Gasteiger partial charge in [-0.25, -0.2) is 4.79 Å². The molecule has 2 aromatic rings. The Hall–Kier alpha value is -2.28. The summed E-state index contributed by atoms with van der Waals surface area (Å²) in [6.45, 7) is 1.95. The van der Waals surface area contributed by atoms with Crippen LogP contribution in [0.25, 0.3) is 5.57 Å². The molecule has 27 heavy (non-hydrogen) atoms. The van der Waals surface area contributed by atoms with E-state index in [2.05, 4.69) is 22.6 Å². The minimum Gasteiger partial charge on any atom is -0.462 e. The summed E-state index contributed by atoms with van der Waals surface area (Å²) in [7, 11) is 0. The number of rotatable bonds is 5. The van der Waals surface area contributed by atoms with Crippen molar-refractivity contribution in [2.24, 2.45) is 0 Å². The summed E-state index contributed by atoms with van der Waals surface area (Å²) in [5.74, 6) is -0.728. The highest BCUT2D eigenvalue weighted by atomic mass is 127. The normalized spacial score (nSPS) is 13.9. The van der Waals surface area contributed by atoms with E-state index >= 15 is 0 Å². The SMILES string of the molecule is CCOC(=O)c1cc(I)cc(C2=CC(=O)CCC2)c1C(=O)c1ccccc1. The highest BCUT2D eigenvalue weighted by molar-refractivity contribution is 14.1. The molecule has 0 saturated heterocycles. The van der Waals surface area contributed by atoms with Gasteiger partial charge in [-0.05, 0) is 71.7 Å². The maximum Gasteiger partial charge on any atom is 0.338 e. The molecule has 0 amide bonds. The molecule has 4 nitrogen and oxygen atoms in total. The third-order valence-corrected chi connectivity index (χ3v) is 5.03. The third-order valence-electron chi connectivity index (χ3n) is 4.41. The van der Waals surface area contributed by atoms with Crippen molar-refractivity contribution in [3.8, 4) is 0 Å². The molecule has 0 unspecified atom stereocenters. The van der Waals surface area contributed by atoms with Gasteiger partial charge in [-0.15, -0.1) is 0 Å². The van der Waals surface area contributed by atoms with Crippen molar-refractivity contribution in [3.05, 3.63) is 74.4 Å². The van der Waals surface area contributed by atoms with Crippen LogP contribution in [0.1, 0.15) is 58.0 Å². The quantitative estimate of drug-likeness (QED) is 0.354. The monoisotopic (exact) mass is 474 g/mol. The molecule has 0 aromatic heterocycles. The molecule has 3 rings (SSSR count). The van der Waals surface area contributed by atoms with Gasteiger partial charge in [-0.3, -0.25) is 9.59 Å². The topological polar surface area (TPSA) is 60.4 Å². The van der Waals surface area contributed by atoms with Gasteiger partial charge in [0.1, 0.15) is 0 Å². The van der Waals surface area contributed by atoms with Crippen molar-refractivity contribution in [3.63, 3.8) is 0 Å². The number of ether oxygens (including phenoxy) is 1. The number of esters is 1. The predicted molar refractivity (Wildman–Crippen MR) is 112 cm³/mol. The van der Waals surface area contributed by atoms with Crippen LogP contribution in [0.15, 0.2) is 48.5 Å². The number of ketones is 2. The Bertz CT molecular complexity index is 929. The molecule has 0 aliphatic heterocycles. The van der Waals surface area contributed by atoms with Crippen LogP contribution in [-0.4, -0.2) is 24.1 Å². The van der Waals surface area contributed by atoms with Gasteiger partial charge in [0.25, 0.3) is 0 Å². The van der Waals surface area contributed by atoms with Gasteiger partial charge in [-0.2, -0.15) is 0 Å². The van der Waals surface area contributed by atoms with Crippen molar-refractivity contribution in [1.29, 1.82) is 0 Å². The van der Waals surface area contributed by atoms with Gasteiger partial charge < -0.3 is 4.74 Å². The number of hydrogen-bond acceptors (Lipinski definition) is 4. The zero-order valence-corrected chi connectivity index (χ0v) is 17.1. The molecule has 0 saturated carbocycles. The molecule has 0 spiro atoms. The van der Waals surface area contributed by atoms with Gasteiger partial charge >= 0.3 is 5.97 Å². The molecule has 0 N–H and O–H groups in total. The molecule has 0 radical (unpaired) electrons. The van der Waals surface area contributed by atoms with Crippen molar-refractivity contribution < 1.29 is 19.1 Å². The summed E-state index contributed by atoms with van der Waals surface area (Å²) in [5, 5.41) is 0. The summed E-state index contributed by atoms with van der Waals surface area (Å²) in [5.41, 5.74) is 2.49. The first-order valence-electron chi connectivity index (χ1n) is 8.85. The van der Waals surface area contributed by atoms with Crippen LogP contribution in [0.2, 0.25) is 0 Å². The Labute approximate surface area is 171 Å². The maximum atomic E-state index is 13.3. The fourth-order valence-electron chi connectivity index (χ4n) is 3.21. The van der Waals surface area contributed by atoms with E-state index in [-0.39, 0.29) is 23.7 Å². The summed E-state index contributed by atoms with van der Waals surface area (Å²) < 4.78 is 6.01. The highest BCUT2D eigenvalue weighted by Crippen LogP contribution is 2.33. The Balaban J connectivity index is 2.24. The maximum absolute atomic E-state index is 13.3. The summed E-state index contributed by atoms with van der Waals surface area (Å²) in [4.78, 5) is 37.8. The highest BCUT2D eigenvalue weighted by Gasteiger charge is 2.26. The molecule has 0 bridgehead atoms. The number of halogens is 1. The fraction of sp³-hybridized carbons (Fsp3) is 0.227. The molecule has 138 valence electrons. The molecule has 0 fully saturated rings. The second-order valence-corrected chi connectivity index (χ2v) is 7.53. The summed E-state index contributed by atoms with van der Waals surface area (Å²) in [6.07, 6.45) is 3.55. The Kier molecular flexibility index (Phi) is 6.21. The van der Waals surface area contributed by atoms with E-state index in [1.54, 1.807) is 43.3 Å². The number of allylic oxidation sites excluding steroid dienone is 2. The zero-order chi connectivity index (χ0) is 19.4. The molecule has 1 aliphatic rings. The lowest BCUT2D eigenvalue weighted by atomic mass is 9.85. The summed E-state index contributed by atoms with van der Waals surface area (Å²) in [6, 6.07) is 12.4. The van der Waals surface area contributed by atoms with Gasteiger partial charge in [0.2, 0.25) is 0 Å². The number of benzene rings is 2. The number of hydrogen-bond donors (Lipinski definition) is 0. The van der Waals surface area contributed by atoms with Crippen molar-refractivity contribution >= 4 is 45.7 Å². The average Bonchev–Trinajstić information content (AvgIpc) is 2.67. The van der Waals surface area contributed by atoms with Gasteiger partial charge in [0.15, 0.2) is 11.6 Å². The van der Waals surface area contributed by atoms with Crippen LogP contribution in [0.5, 0.6) is 0 Å². The van der Waals surface area contributed by atoms with Crippen LogP contribution in [0.4, 0.5) is 0 Å². The van der Waals surface area contributed by atoms with E-state index in [0.717, 1.165) is 15.6 Å². The first-order chi connectivity index (χ1) is 13.0. The van der Waals surface area contributed by atoms with Crippen LogP contribution >= 0.6 is 22.6 Å². The van der Waals surface area contributed by atoms with Gasteiger partial charge in [0, 0.05) is 21.1 Å². The smallest absolute Gasteiger partial charge is 0.338 e. The third kappa shape index (κ3) is 4.35. The first kappa shape index (κ1) is 19.5. The van der Waals surface area contributed by atoms with E-state index in [9.17, 15) is 14.4 Å². The Morgan fingerprint density at radius 3 is 2.52 bits per heavy atom. The molecule has 0 atom stereocenters. The second-order valence-electron chi connectivity index (χ2n) is 6.28. The van der Waals surface area contributed by atoms with E-state index in [1.807, 2.05) is 12.1 Å². The first-order valence-corrected chi connectivity index (χ1v) is 9.93. The molecule has 2 aromatic carbocycles. The lowest BCUT2D eigenvalue weighted by molar-refractivity contribution is -0.114. The van der Waals surface area contributed by atoms with Crippen LogP contribution in [0, 0.1) is 3.57 Å². The van der Waals surface area contributed by atoms with Crippen LogP contribution < -0.4 is 0 Å². The van der Waals surface area contributed by atoms with Crippen molar-refractivity contribution in [2.45, 2.75) is 26.2 Å². The van der Waals surface area contributed by atoms with Gasteiger partial charge in [0.05, 0.1) is 12.2 Å². The van der Waals surface area contributed by atoms with E-state index in [4.69, 9.17) is 4.74 Å². The van der Waals surface area contributed by atoms with E-state index in [1.165, 1.54) is 0 Å². The minimum atomic E-state index is -0.528. The van der Waals surface area contributed by atoms with E-state index < -0.39 is 5.97 Å². The van der Waals surface area contributed by atoms with Crippen LogP contribution in [-0.2, 0) is 9.53 Å². The van der Waals surface area contributed by atoms with Gasteiger partial charge in [-0.1, -0.05) is 30.3 Å². The number of carbonyl (C=O) groups is 3. The number of carbonyl (C=O) groups excluding carboxylic acids is 3. The minimum absolute atomic E-state index is 0.0471. The lowest BCUT2D eigenvalue weighted by Crippen LogP contribution is -2.16. The average molecular weight is 474 g/mol. The second kappa shape index (κ2) is 8.61. The molecular weight excluding hydrogens is 455 g/mol.